The lowest BCUT2D eigenvalue weighted by Gasteiger charge is -2.14. The Morgan fingerprint density at radius 3 is 2.90 bits per heavy atom. The second-order valence-corrected chi connectivity index (χ2v) is 5.96. The van der Waals surface area contributed by atoms with E-state index in [-0.39, 0.29) is 0 Å². The first kappa shape index (κ1) is 14.1. The molecule has 0 amide bonds. The summed E-state index contributed by atoms with van der Waals surface area (Å²) in [5, 5.41) is 3.44. The average Bonchev–Trinajstić information content (AvgIpc) is 3.22. The monoisotopic (exact) mass is 285 g/mol. The van der Waals surface area contributed by atoms with Crippen LogP contribution in [0.4, 0.5) is 0 Å². The van der Waals surface area contributed by atoms with E-state index in [0.717, 1.165) is 18.0 Å². The van der Waals surface area contributed by atoms with Crippen LogP contribution in [0.3, 0.4) is 0 Å². The number of hydrogen-bond donors (Lipinski definition) is 1. The summed E-state index contributed by atoms with van der Waals surface area (Å²) < 4.78 is 8.28. The minimum atomic E-state index is 0.467. The Hall–Kier alpha value is -1.81. The van der Waals surface area contributed by atoms with Crippen molar-refractivity contribution in [3.63, 3.8) is 0 Å². The molecule has 1 aromatic heterocycles. The molecule has 21 heavy (non-hydrogen) atoms. The fourth-order valence-electron chi connectivity index (χ4n) is 2.38. The molecule has 1 N–H and O–H groups in total. The van der Waals surface area contributed by atoms with E-state index in [4.69, 9.17) is 4.74 Å². The zero-order valence-corrected chi connectivity index (χ0v) is 12.7. The molecular weight excluding hydrogens is 262 g/mol. The predicted octanol–water partition coefficient (Wildman–Crippen LogP) is 3.30. The summed E-state index contributed by atoms with van der Waals surface area (Å²) in [6.45, 7) is 5.71. The number of para-hydroxylation sites is 1. The van der Waals surface area contributed by atoms with Crippen LogP contribution >= 0.6 is 0 Å². The maximum Gasteiger partial charge on any atom is 0.130 e. The molecule has 0 spiro atoms. The summed E-state index contributed by atoms with van der Waals surface area (Å²) in [7, 11) is 0. The molecular formula is C17H23N3O. The van der Waals surface area contributed by atoms with E-state index < -0.39 is 0 Å². The van der Waals surface area contributed by atoms with Crippen LogP contribution < -0.4 is 10.1 Å². The van der Waals surface area contributed by atoms with Crippen LogP contribution in [0, 0.1) is 0 Å². The summed E-state index contributed by atoms with van der Waals surface area (Å²) in [6.07, 6.45) is 6.35. The van der Waals surface area contributed by atoms with E-state index in [1.165, 1.54) is 18.4 Å². The van der Waals surface area contributed by atoms with Gasteiger partial charge in [-0.05, 0) is 18.9 Å². The number of ether oxygens (including phenoxy) is 1. The van der Waals surface area contributed by atoms with Crippen LogP contribution in [0.1, 0.15) is 44.0 Å². The lowest BCUT2D eigenvalue weighted by molar-refractivity contribution is 0.291. The largest absolute Gasteiger partial charge is 0.487 e. The van der Waals surface area contributed by atoms with Crippen LogP contribution in [0.2, 0.25) is 0 Å². The van der Waals surface area contributed by atoms with Crippen LogP contribution in [-0.4, -0.2) is 15.6 Å². The maximum atomic E-state index is 6.03. The first-order chi connectivity index (χ1) is 10.2. The highest BCUT2D eigenvalue weighted by atomic mass is 16.5. The number of rotatable bonds is 7. The summed E-state index contributed by atoms with van der Waals surface area (Å²) in [5.74, 6) is 0.953. The topological polar surface area (TPSA) is 39.1 Å². The van der Waals surface area contributed by atoms with Gasteiger partial charge in [-0.1, -0.05) is 32.0 Å². The first-order valence-corrected chi connectivity index (χ1v) is 7.69. The van der Waals surface area contributed by atoms with E-state index in [1.807, 2.05) is 24.7 Å². The van der Waals surface area contributed by atoms with Crippen molar-refractivity contribution in [1.82, 2.24) is 14.9 Å². The SMILES string of the molecule is CC(C)NCc1ccccc1OCc1cncn1C1CC1. The van der Waals surface area contributed by atoms with E-state index in [0.29, 0.717) is 18.7 Å². The highest BCUT2D eigenvalue weighted by molar-refractivity contribution is 5.33. The van der Waals surface area contributed by atoms with Crippen molar-refractivity contribution in [3.8, 4) is 5.75 Å². The third-order valence-corrected chi connectivity index (χ3v) is 3.74. The Morgan fingerprint density at radius 2 is 2.14 bits per heavy atom. The van der Waals surface area contributed by atoms with Gasteiger partial charge in [0, 0.05) is 24.2 Å². The minimum Gasteiger partial charge on any atom is -0.487 e. The number of imidazole rings is 1. The molecule has 4 heteroatoms. The van der Waals surface area contributed by atoms with Crippen molar-refractivity contribution in [2.24, 2.45) is 0 Å². The Kier molecular flexibility index (Phi) is 4.25. The lowest BCUT2D eigenvalue weighted by atomic mass is 10.2. The van der Waals surface area contributed by atoms with Crippen molar-refractivity contribution < 1.29 is 4.74 Å². The number of nitrogens with one attached hydrogen (secondary N) is 1. The average molecular weight is 285 g/mol. The van der Waals surface area contributed by atoms with Gasteiger partial charge in [-0.15, -0.1) is 0 Å². The van der Waals surface area contributed by atoms with Gasteiger partial charge in [0.05, 0.1) is 18.2 Å². The number of benzene rings is 1. The molecule has 1 heterocycles. The second-order valence-electron chi connectivity index (χ2n) is 5.96. The summed E-state index contributed by atoms with van der Waals surface area (Å²) in [6, 6.07) is 9.33. The smallest absolute Gasteiger partial charge is 0.130 e. The molecule has 2 aromatic rings. The normalized spacial score (nSPS) is 14.6. The van der Waals surface area contributed by atoms with Crippen molar-refractivity contribution in [1.29, 1.82) is 0 Å². The number of aromatic nitrogens is 2. The Labute approximate surface area is 126 Å². The van der Waals surface area contributed by atoms with Gasteiger partial charge in [0.15, 0.2) is 0 Å². The molecule has 0 saturated heterocycles. The maximum absolute atomic E-state index is 6.03. The lowest BCUT2D eigenvalue weighted by Crippen LogP contribution is -2.22. The van der Waals surface area contributed by atoms with E-state index in [9.17, 15) is 0 Å². The van der Waals surface area contributed by atoms with Crippen molar-refractivity contribution in [2.45, 2.75) is 51.9 Å². The molecule has 1 aliphatic carbocycles. The molecule has 112 valence electrons. The molecule has 4 nitrogen and oxygen atoms in total. The highest BCUT2D eigenvalue weighted by Gasteiger charge is 2.25. The molecule has 3 rings (SSSR count). The Bertz CT molecular complexity index is 587. The third-order valence-electron chi connectivity index (χ3n) is 3.74. The summed E-state index contributed by atoms with van der Waals surface area (Å²) in [4.78, 5) is 4.25. The highest BCUT2D eigenvalue weighted by Crippen LogP contribution is 2.35. The minimum absolute atomic E-state index is 0.467. The van der Waals surface area contributed by atoms with Crippen LogP contribution in [-0.2, 0) is 13.2 Å². The quantitative estimate of drug-likeness (QED) is 0.848. The standard InChI is InChI=1S/C17H23N3O/c1-13(2)19-9-14-5-3-4-6-17(14)21-11-16-10-18-12-20(16)15-7-8-15/h3-6,10,12-13,15,19H,7-9,11H2,1-2H3. The summed E-state index contributed by atoms with van der Waals surface area (Å²) >= 11 is 0. The van der Waals surface area contributed by atoms with Gasteiger partial charge in [-0.2, -0.15) is 0 Å². The zero-order chi connectivity index (χ0) is 14.7. The summed E-state index contributed by atoms with van der Waals surface area (Å²) in [5.41, 5.74) is 2.35. The van der Waals surface area contributed by atoms with Crippen molar-refractivity contribution >= 4 is 0 Å². The number of hydrogen-bond acceptors (Lipinski definition) is 3. The van der Waals surface area contributed by atoms with Gasteiger partial charge >= 0.3 is 0 Å². The first-order valence-electron chi connectivity index (χ1n) is 7.69. The molecule has 1 aromatic carbocycles. The van der Waals surface area contributed by atoms with Crippen molar-refractivity contribution in [2.75, 3.05) is 0 Å². The molecule has 0 bridgehead atoms. The number of nitrogens with zero attached hydrogens (tertiary/aromatic N) is 2. The fourth-order valence-corrected chi connectivity index (χ4v) is 2.38. The van der Waals surface area contributed by atoms with Gasteiger partial charge in [-0.3, -0.25) is 0 Å². The molecule has 1 aliphatic rings. The molecule has 0 atom stereocenters. The third kappa shape index (κ3) is 3.64. The second kappa shape index (κ2) is 6.31. The molecule has 1 fully saturated rings. The Balaban J connectivity index is 1.65. The predicted molar refractivity (Wildman–Crippen MR) is 83.2 cm³/mol. The Morgan fingerprint density at radius 1 is 1.33 bits per heavy atom. The van der Waals surface area contributed by atoms with Gasteiger partial charge < -0.3 is 14.6 Å². The molecule has 0 aliphatic heterocycles. The van der Waals surface area contributed by atoms with Crippen molar-refractivity contribution in [3.05, 3.63) is 48.0 Å². The zero-order valence-electron chi connectivity index (χ0n) is 12.7. The van der Waals surface area contributed by atoms with Gasteiger partial charge in [0.1, 0.15) is 12.4 Å². The molecule has 1 saturated carbocycles. The van der Waals surface area contributed by atoms with Gasteiger partial charge in [-0.25, -0.2) is 4.98 Å². The van der Waals surface area contributed by atoms with E-state index in [2.05, 4.69) is 40.8 Å². The molecule has 0 radical (unpaired) electrons. The van der Waals surface area contributed by atoms with Crippen LogP contribution in [0.15, 0.2) is 36.8 Å². The van der Waals surface area contributed by atoms with E-state index >= 15 is 0 Å². The van der Waals surface area contributed by atoms with Crippen LogP contribution in [0.5, 0.6) is 5.75 Å². The van der Waals surface area contributed by atoms with Gasteiger partial charge in [0.25, 0.3) is 0 Å². The van der Waals surface area contributed by atoms with E-state index in [1.54, 1.807) is 0 Å². The van der Waals surface area contributed by atoms with Crippen LogP contribution in [0.25, 0.3) is 0 Å². The van der Waals surface area contributed by atoms with Gasteiger partial charge in [0.2, 0.25) is 0 Å². The fraction of sp³-hybridized carbons (Fsp3) is 0.471. The molecule has 0 unspecified atom stereocenters.